The van der Waals surface area contributed by atoms with E-state index in [-0.39, 0.29) is 5.91 Å². The van der Waals surface area contributed by atoms with Crippen molar-refractivity contribution in [2.24, 2.45) is 0 Å². The minimum atomic E-state index is 0.113. The monoisotopic (exact) mass is 364 g/mol. The van der Waals surface area contributed by atoms with E-state index in [1.807, 2.05) is 32.2 Å². The van der Waals surface area contributed by atoms with Crippen molar-refractivity contribution in [2.45, 2.75) is 31.7 Å². The van der Waals surface area contributed by atoms with Crippen LogP contribution in [0, 0.1) is 13.8 Å². The molecular formula is C22H24N2OS. The number of hydrogen-bond acceptors (Lipinski definition) is 3. The minimum Gasteiger partial charge on any atom is -0.341 e. The number of para-hydroxylation sites is 1. The van der Waals surface area contributed by atoms with Crippen LogP contribution >= 0.6 is 11.8 Å². The molecule has 1 amide bonds. The number of carbonyl (C=O) groups excluding carboxylic acids is 1. The average molecular weight is 365 g/mol. The number of pyridine rings is 1. The number of amides is 1. The normalized spacial score (nSPS) is 10.9. The molecule has 0 bridgehead atoms. The van der Waals surface area contributed by atoms with Gasteiger partial charge in [0.25, 0.3) is 0 Å². The molecule has 0 saturated heterocycles. The van der Waals surface area contributed by atoms with Crippen LogP contribution in [0.15, 0.2) is 53.4 Å². The Kier molecular flexibility index (Phi) is 5.62. The predicted molar refractivity (Wildman–Crippen MR) is 110 cm³/mol. The molecule has 0 saturated carbocycles. The molecule has 0 fully saturated rings. The third-order valence-corrected chi connectivity index (χ3v) is 5.56. The van der Waals surface area contributed by atoms with Gasteiger partial charge in [-0.15, -0.1) is 11.8 Å². The van der Waals surface area contributed by atoms with Gasteiger partial charge in [-0.05, 0) is 55.0 Å². The quantitative estimate of drug-likeness (QED) is 0.611. The van der Waals surface area contributed by atoms with Crippen LogP contribution < -0.4 is 0 Å². The molecule has 0 spiro atoms. The number of likely N-dealkylation sites (N-methyl/N-ethyl adjacent to an activating group) is 1. The molecule has 26 heavy (non-hydrogen) atoms. The molecular weight excluding hydrogens is 340 g/mol. The maximum Gasteiger partial charge on any atom is 0.227 e. The first kappa shape index (κ1) is 18.5. The maximum atomic E-state index is 12.8. The lowest BCUT2D eigenvalue weighted by molar-refractivity contribution is -0.129. The smallest absolute Gasteiger partial charge is 0.227 e. The standard InChI is InChI=1S/C22H24N2OS/c1-15-19-7-5-6-8-21(19)23-16(2)20(15)13-22(25)24(3)14-17-9-11-18(26-4)12-10-17/h5-12H,13-14H2,1-4H3. The highest BCUT2D eigenvalue weighted by Crippen LogP contribution is 2.23. The molecule has 134 valence electrons. The summed E-state index contributed by atoms with van der Waals surface area (Å²) in [7, 11) is 1.87. The number of aromatic nitrogens is 1. The van der Waals surface area contributed by atoms with Crippen molar-refractivity contribution in [3.63, 3.8) is 0 Å². The zero-order valence-electron chi connectivity index (χ0n) is 15.7. The van der Waals surface area contributed by atoms with Crippen molar-refractivity contribution in [3.8, 4) is 0 Å². The number of benzene rings is 2. The lowest BCUT2D eigenvalue weighted by Gasteiger charge is -2.19. The second-order valence-corrected chi connectivity index (χ2v) is 7.47. The SMILES string of the molecule is CSc1ccc(CN(C)C(=O)Cc2c(C)nc3ccccc3c2C)cc1. The highest BCUT2D eigenvalue weighted by atomic mass is 32.2. The van der Waals surface area contributed by atoms with Gasteiger partial charge in [0.15, 0.2) is 0 Å². The van der Waals surface area contributed by atoms with Gasteiger partial charge in [0.1, 0.15) is 0 Å². The summed E-state index contributed by atoms with van der Waals surface area (Å²) in [5.74, 6) is 0.113. The van der Waals surface area contributed by atoms with Gasteiger partial charge in [0.05, 0.1) is 11.9 Å². The van der Waals surface area contributed by atoms with Crippen molar-refractivity contribution in [3.05, 3.63) is 70.9 Å². The summed E-state index contributed by atoms with van der Waals surface area (Å²) in [4.78, 5) is 20.5. The van der Waals surface area contributed by atoms with E-state index in [9.17, 15) is 4.79 Å². The summed E-state index contributed by atoms with van der Waals surface area (Å²) >= 11 is 1.72. The number of rotatable bonds is 5. The summed E-state index contributed by atoms with van der Waals surface area (Å²) in [5.41, 5.74) is 5.26. The second-order valence-electron chi connectivity index (χ2n) is 6.59. The van der Waals surface area contributed by atoms with E-state index in [4.69, 9.17) is 0 Å². The first-order valence-corrected chi connectivity index (χ1v) is 9.93. The fourth-order valence-electron chi connectivity index (χ4n) is 3.21. The fourth-order valence-corrected chi connectivity index (χ4v) is 3.62. The maximum absolute atomic E-state index is 12.8. The zero-order chi connectivity index (χ0) is 18.7. The van der Waals surface area contributed by atoms with Gasteiger partial charge < -0.3 is 4.90 Å². The van der Waals surface area contributed by atoms with Crippen molar-refractivity contribution in [1.82, 2.24) is 9.88 Å². The molecule has 4 heteroatoms. The van der Waals surface area contributed by atoms with Crippen molar-refractivity contribution < 1.29 is 4.79 Å². The van der Waals surface area contributed by atoms with Gasteiger partial charge in [0, 0.05) is 29.6 Å². The predicted octanol–water partition coefficient (Wildman–Crippen LogP) is 4.77. The van der Waals surface area contributed by atoms with Gasteiger partial charge in [-0.2, -0.15) is 0 Å². The van der Waals surface area contributed by atoms with Crippen LogP contribution in [0.4, 0.5) is 0 Å². The van der Waals surface area contributed by atoms with Gasteiger partial charge >= 0.3 is 0 Å². The summed E-state index contributed by atoms with van der Waals surface area (Å²) in [6.07, 6.45) is 2.45. The van der Waals surface area contributed by atoms with E-state index >= 15 is 0 Å². The lowest BCUT2D eigenvalue weighted by atomic mass is 9.99. The molecule has 3 rings (SSSR count). The van der Waals surface area contributed by atoms with Crippen LogP contribution in [0.3, 0.4) is 0 Å². The van der Waals surface area contributed by atoms with E-state index in [1.54, 1.807) is 16.7 Å². The number of thioether (sulfide) groups is 1. The second kappa shape index (κ2) is 7.92. The Hall–Kier alpha value is -2.33. The lowest BCUT2D eigenvalue weighted by Crippen LogP contribution is -2.28. The van der Waals surface area contributed by atoms with Crippen LogP contribution in [0.2, 0.25) is 0 Å². The van der Waals surface area contributed by atoms with Gasteiger partial charge in [-0.1, -0.05) is 30.3 Å². The van der Waals surface area contributed by atoms with Crippen LogP contribution in [-0.2, 0) is 17.8 Å². The van der Waals surface area contributed by atoms with Crippen LogP contribution in [0.25, 0.3) is 10.9 Å². The molecule has 0 atom stereocenters. The van der Waals surface area contributed by atoms with E-state index in [0.717, 1.165) is 33.3 Å². The van der Waals surface area contributed by atoms with Gasteiger partial charge in [-0.25, -0.2) is 0 Å². The highest BCUT2D eigenvalue weighted by Gasteiger charge is 2.16. The molecule has 0 aliphatic carbocycles. The van der Waals surface area contributed by atoms with Gasteiger partial charge in [-0.3, -0.25) is 9.78 Å². The van der Waals surface area contributed by atoms with Crippen molar-refractivity contribution >= 4 is 28.6 Å². The molecule has 1 heterocycles. The molecule has 0 N–H and O–H groups in total. The average Bonchev–Trinajstić information content (AvgIpc) is 2.65. The van der Waals surface area contributed by atoms with Crippen LogP contribution in [-0.4, -0.2) is 29.1 Å². The largest absolute Gasteiger partial charge is 0.341 e. The van der Waals surface area contributed by atoms with Gasteiger partial charge in [0.2, 0.25) is 5.91 Å². The van der Waals surface area contributed by atoms with E-state index in [0.29, 0.717) is 13.0 Å². The Labute approximate surface area is 159 Å². The fraction of sp³-hybridized carbons (Fsp3) is 0.273. The highest BCUT2D eigenvalue weighted by molar-refractivity contribution is 7.98. The Morgan fingerprint density at radius 3 is 2.46 bits per heavy atom. The number of fused-ring (bicyclic) bond motifs is 1. The number of carbonyl (C=O) groups is 1. The molecule has 3 nitrogen and oxygen atoms in total. The number of aryl methyl sites for hydroxylation is 2. The molecule has 0 unspecified atom stereocenters. The zero-order valence-corrected chi connectivity index (χ0v) is 16.6. The molecule has 0 radical (unpaired) electrons. The third-order valence-electron chi connectivity index (χ3n) is 4.82. The van der Waals surface area contributed by atoms with E-state index < -0.39 is 0 Å². The van der Waals surface area contributed by atoms with E-state index in [2.05, 4.69) is 48.5 Å². The summed E-state index contributed by atoms with van der Waals surface area (Å²) in [6, 6.07) is 16.5. The minimum absolute atomic E-state index is 0.113. The first-order valence-electron chi connectivity index (χ1n) is 8.71. The Bertz CT molecular complexity index is 935. The van der Waals surface area contributed by atoms with Crippen LogP contribution in [0.1, 0.15) is 22.4 Å². The Balaban J connectivity index is 1.77. The topological polar surface area (TPSA) is 33.2 Å². The summed E-state index contributed by atoms with van der Waals surface area (Å²) in [5, 5.41) is 1.12. The molecule has 0 aliphatic rings. The molecule has 0 aliphatic heterocycles. The molecule has 3 aromatic rings. The number of nitrogens with zero attached hydrogens (tertiary/aromatic N) is 2. The van der Waals surface area contributed by atoms with Crippen LogP contribution in [0.5, 0.6) is 0 Å². The molecule has 1 aromatic heterocycles. The first-order chi connectivity index (χ1) is 12.5. The third kappa shape index (κ3) is 3.91. The van der Waals surface area contributed by atoms with Crippen molar-refractivity contribution in [2.75, 3.05) is 13.3 Å². The number of hydrogen-bond donors (Lipinski definition) is 0. The van der Waals surface area contributed by atoms with E-state index in [1.165, 1.54) is 4.90 Å². The molecule has 2 aromatic carbocycles. The summed E-state index contributed by atoms with van der Waals surface area (Å²) in [6.45, 7) is 4.69. The summed E-state index contributed by atoms with van der Waals surface area (Å²) < 4.78 is 0. The Morgan fingerprint density at radius 1 is 1.08 bits per heavy atom. The Morgan fingerprint density at radius 2 is 1.77 bits per heavy atom. The van der Waals surface area contributed by atoms with Crippen molar-refractivity contribution in [1.29, 1.82) is 0 Å².